The molecule has 0 bridgehead atoms. The van der Waals surface area contributed by atoms with Gasteiger partial charge in [-0.05, 0) is 50.5 Å². The van der Waals surface area contributed by atoms with Crippen molar-refractivity contribution in [3.05, 3.63) is 45.1 Å². The van der Waals surface area contributed by atoms with Crippen LogP contribution in [-0.2, 0) is 4.79 Å². The molecule has 0 spiro atoms. The topological polar surface area (TPSA) is 59.8 Å². The zero-order valence-corrected chi connectivity index (χ0v) is 19.6. The fraction of sp³-hybridized carbons (Fsp3) is 0.381. The summed E-state index contributed by atoms with van der Waals surface area (Å²) < 4.78 is 2.09. The number of aromatic nitrogens is 3. The molecule has 1 amide bonds. The van der Waals surface area contributed by atoms with Crippen LogP contribution in [0.15, 0.2) is 34.8 Å². The highest BCUT2D eigenvalue weighted by molar-refractivity contribution is 7.99. The Kier molecular flexibility index (Phi) is 7.03. The number of hydrogen-bond acceptors (Lipinski definition) is 5. The smallest absolute Gasteiger partial charge is 0.234 e. The van der Waals surface area contributed by atoms with Gasteiger partial charge in [-0.3, -0.25) is 9.36 Å². The molecule has 0 fully saturated rings. The predicted octanol–water partition coefficient (Wildman–Crippen LogP) is 6.40. The quantitative estimate of drug-likeness (QED) is 0.424. The lowest BCUT2D eigenvalue weighted by molar-refractivity contribution is -0.113. The molecule has 0 saturated carbocycles. The summed E-state index contributed by atoms with van der Waals surface area (Å²) in [5.74, 6) is 1.48. The first-order valence-corrected chi connectivity index (χ1v) is 11.7. The van der Waals surface area contributed by atoms with E-state index in [1.165, 1.54) is 16.6 Å². The number of amides is 1. The zero-order chi connectivity index (χ0) is 21.1. The maximum absolute atomic E-state index is 12.5. The summed E-state index contributed by atoms with van der Waals surface area (Å²) in [5.41, 5.74) is 2.78. The number of rotatable bonds is 7. The summed E-state index contributed by atoms with van der Waals surface area (Å²) in [6.07, 6.45) is 0. The molecule has 0 aliphatic rings. The van der Waals surface area contributed by atoms with Gasteiger partial charge >= 0.3 is 0 Å². The van der Waals surface area contributed by atoms with Crippen LogP contribution >= 0.6 is 34.7 Å². The van der Waals surface area contributed by atoms with Crippen molar-refractivity contribution in [3.8, 4) is 11.4 Å². The predicted molar refractivity (Wildman–Crippen MR) is 123 cm³/mol. The van der Waals surface area contributed by atoms with E-state index in [0.29, 0.717) is 10.9 Å². The Morgan fingerprint density at radius 3 is 2.66 bits per heavy atom. The van der Waals surface area contributed by atoms with E-state index >= 15 is 0 Å². The summed E-state index contributed by atoms with van der Waals surface area (Å²) in [7, 11) is 0. The maximum atomic E-state index is 12.5. The molecule has 3 aromatic rings. The van der Waals surface area contributed by atoms with E-state index in [1.807, 2.05) is 19.1 Å². The number of carbonyl (C=O) groups is 1. The number of nitrogens with one attached hydrogen (secondary N) is 1. The number of thioether (sulfide) groups is 1. The Balaban J connectivity index is 1.74. The highest BCUT2D eigenvalue weighted by atomic mass is 35.5. The lowest BCUT2D eigenvalue weighted by Crippen LogP contribution is -2.15. The molecule has 5 nitrogen and oxygen atoms in total. The molecule has 3 rings (SSSR count). The van der Waals surface area contributed by atoms with Crippen molar-refractivity contribution in [3.63, 3.8) is 0 Å². The largest absolute Gasteiger partial charge is 0.325 e. The van der Waals surface area contributed by atoms with Gasteiger partial charge in [0.2, 0.25) is 5.91 Å². The number of hydrogen-bond donors (Lipinski definition) is 1. The van der Waals surface area contributed by atoms with Crippen molar-refractivity contribution in [1.82, 2.24) is 14.8 Å². The summed E-state index contributed by atoms with van der Waals surface area (Å²) in [5, 5.41) is 15.2. The SMILES string of the molecule is Cc1ccc(Cl)cc1NC(=O)CSc1nnc(-c2csc(C(C)C)c2)n1C(C)C. The Morgan fingerprint density at radius 2 is 2.00 bits per heavy atom. The minimum atomic E-state index is -0.0992. The van der Waals surface area contributed by atoms with E-state index in [2.05, 4.69) is 59.2 Å². The normalized spacial score (nSPS) is 11.4. The van der Waals surface area contributed by atoms with Crippen LogP contribution in [0.25, 0.3) is 11.4 Å². The number of anilines is 1. The van der Waals surface area contributed by atoms with Crippen molar-refractivity contribution in [2.24, 2.45) is 0 Å². The number of nitrogens with zero attached hydrogens (tertiary/aromatic N) is 3. The molecule has 0 atom stereocenters. The first kappa shape index (κ1) is 21.9. The zero-order valence-electron chi connectivity index (χ0n) is 17.2. The molecule has 0 saturated heterocycles. The fourth-order valence-electron chi connectivity index (χ4n) is 2.86. The van der Waals surface area contributed by atoms with Crippen LogP contribution in [-0.4, -0.2) is 26.4 Å². The standard InChI is InChI=1S/C21H25ClN4OS2/c1-12(2)18-8-15(10-28-18)20-24-25-21(26(20)13(3)4)29-11-19(27)23-17-9-16(22)7-6-14(17)5/h6-10,12-13H,11H2,1-5H3,(H,23,27). The van der Waals surface area contributed by atoms with Crippen molar-refractivity contribution >= 4 is 46.3 Å². The van der Waals surface area contributed by atoms with Crippen LogP contribution in [0.4, 0.5) is 5.69 Å². The molecular weight excluding hydrogens is 424 g/mol. The molecule has 1 aromatic carbocycles. The highest BCUT2D eigenvalue weighted by Crippen LogP contribution is 2.33. The van der Waals surface area contributed by atoms with Crippen LogP contribution in [0.5, 0.6) is 0 Å². The Hall–Kier alpha value is -1.83. The molecule has 29 heavy (non-hydrogen) atoms. The van der Waals surface area contributed by atoms with Gasteiger partial charge in [0, 0.05) is 32.6 Å². The molecule has 0 aliphatic carbocycles. The minimum absolute atomic E-state index is 0.0992. The number of benzene rings is 1. The molecule has 8 heteroatoms. The lowest BCUT2D eigenvalue weighted by Gasteiger charge is -2.13. The average Bonchev–Trinajstić information content (AvgIpc) is 3.29. The number of thiophene rings is 1. The third-order valence-corrected chi connectivity index (χ3v) is 6.85. The molecule has 0 radical (unpaired) electrons. The van der Waals surface area contributed by atoms with Crippen molar-refractivity contribution in [2.75, 3.05) is 11.1 Å². The van der Waals surface area contributed by atoms with Gasteiger partial charge in [-0.15, -0.1) is 21.5 Å². The molecule has 154 valence electrons. The van der Waals surface area contributed by atoms with E-state index in [0.717, 1.165) is 27.8 Å². The van der Waals surface area contributed by atoms with Gasteiger partial charge in [0.15, 0.2) is 11.0 Å². The van der Waals surface area contributed by atoms with Crippen molar-refractivity contribution in [1.29, 1.82) is 0 Å². The third-order valence-electron chi connectivity index (χ3n) is 4.43. The summed E-state index contributed by atoms with van der Waals surface area (Å²) in [6, 6.07) is 7.82. The summed E-state index contributed by atoms with van der Waals surface area (Å²) in [6.45, 7) is 10.5. The van der Waals surface area contributed by atoms with E-state index < -0.39 is 0 Å². The second-order valence-corrected chi connectivity index (χ2v) is 9.78. The van der Waals surface area contributed by atoms with Gasteiger partial charge < -0.3 is 5.32 Å². The number of halogens is 1. The second kappa shape index (κ2) is 9.32. The van der Waals surface area contributed by atoms with Gasteiger partial charge in [0.25, 0.3) is 0 Å². The number of aryl methyl sites for hydroxylation is 1. The van der Waals surface area contributed by atoms with Crippen LogP contribution in [0, 0.1) is 6.92 Å². The van der Waals surface area contributed by atoms with Crippen molar-refractivity contribution in [2.45, 2.75) is 51.7 Å². The molecule has 2 heterocycles. The molecule has 2 aromatic heterocycles. The van der Waals surface area contributed by atoms with Gasteiger partial charge in [0.05, 0.1) is 5.75 Å². The van der Waals surface area contributed by atoms with Crippen LogP contribution in [0.3, 0.4) is 0 Å². The Labute approximate surface area is 184 Å². The fourth-order valence-corrected chi connectivity index (χ4v) is 4.80. The van der Waals surface area contributed by atoms with E-state index in [-0.39, 0.29) is 17.7 Å². The van der Waals surface area contributed by atoms with Gasteiger partial charge in [-0.25, -0.2) is 0 Å². The monoisotopic (exact) mass is 448 g/mol. The average molecular weight is 449 g/mol. The first-order chi connectivity index (χ1) is 13.8. The van der Waals surface area contributed by atoms with E-state index in [4.69, 9.17) is 11.6 Å². The summed E-state index contributed by atoms with van der Waals surface area (Å²) >= 11 is 9.16. The van der Waals surface area contributed by atoms with Gasteiger partial charge in [-0.1, -0.05) is 43.3 Å². The molecule has 1 N–H and O–H groups in total. The van der Waals surface area contributed by atoms with E-state index in [1.54, 1.807) is 17.4 Å². The Bertz CT molecular complexity index is 1010. The van der Waals surface area contributed by atoms with E-state index in [9.17, 15) is 4.79 Å². The van der Waals surface area contributed by atoms with Crippen LogP contribution < -0.4 is 5.32 Å². The highest BCUT2D eigenvalue weighted by Gasteiger charge is 2.19. The van der Waals surface area contributed by atoms with Crippen LogP contribution in [0.2, 0.25) is 5.02 Å². The summed E-state index contributed by atoms with van der Waals surface area (Å²) in [4.78, 5) is 13.8. The number of carbonyl (C=O) groups excluding carboxylic acids is 1. The molecule has 0 unspecified atom stereocenters. The first-order valence-electron chi connectivity index (χ1n) is 9.48. The second-order valence-electron chi connectivity index (χ2n) is 7.46. The van der Waals surface area contributed by atoms with Gasteiger partial charge in [0.1, 0.15) is 0 Å². The lowest BCUT2D eigenvalue weighted by atomic mass is 10.1. The molecular formula is C21H25ClN4OS2. The van der Waals surface area contributed by atoms with Crippen LogP contribution in [0.1, 0.15) is 50.1 Å². The minimum Gasteiger partial charge on any atom is -0.325 e. The van der Waals surface area contributed by atoms with Gasteiger partial charge in [-0.2, -0.15) is 0 Å². The Morgan fingerprint density at radius 1 is 1.24 bits per heavy atom. The maximum Gasteiger partial charge on any atom is 0.234 e. The molecule has 0 aliphatic heterocycles. The third kappa shape index (κ3) is 5.21. The van der Waals surface area contributed by atoms with Crippen molar-refractivity contribution < 1.29 is 4.79 Å².